The molecule has 1 unspecified atom stereocenters. The number of nitrogens with zero attached hydrogens (tertiary/aromatic N) is 1. The highest BCUT2D eigenvalue weighted by atomic mass is 16.5. The van der Waals surface area contributed by atoms with Gasteiger partial charge < -0.3 is 19.5 Å². The van der Waals surface area contributed by atoms with Gasteiger partial charge in [-0.2, -0.15) is 0 Å². The first kappa shape index (κ1) is 20.8. The van der Waals surface area contributed by atoms with Crippen LogP contribution in [0.15, 0.2) is 42.5 Å². The van der Waals surface area contributed by atoms with Crippen molar-refractivity contribution in [1.29, 1.82) is 0 Å². The van der Waals surface area contributed by atoms with E-state index in [1.807, 2.05) is 24.3 Å². The zero-order valence-corrected chi connectivity index (χ0v) is 16.9. The van der Waals surface area contributed by atoms with Crippen molar-refractivity contribution in [3.05, 3.63) is 59.2 Å². The zero-order chi connectivity index (χ0) is 20.2. The van der Waals surface area contributed by atoms with Crippen LogP contribution in [0.5, 0.6) is 11.5 Å². The number of amides is 1. The van der Waals surface area contributed by atoms with Crippen LogP contribution in [0.2, 0.25) is 0 Å². The molecule has 146 valence electrons. The summed E-state index contributed by atoms with van der Waals surface area (Å²) in [4.78, 5) is 14.2. The summed E-state index contributed by atoms with van der Waals surface area (Å²) in [5.74, 6) is 1.01. The average molecular weight is 371 g/mol. The van der Waals surface area contributed by atoms with Crippen LogP contribution in [0.1, 0.15) is 48.4 Å². The Kier molecular flexibility index (Phi) is 6.50. The second-order valence-corrected chi connectivity index (χ2v) is 7.64. The first-order chi connectivity index (χ1) is 12.7. The first-order valence-electron chi connectivity index (χ1n) is 8.93. The Hall–Kier alpha value is -2.53. The molecular formula is C22H29NO4. The summed E-state index contributed by atoms with van der Waals surface area (Å²) in [6, 6.07) is 12.9. The lowest BCUT2D eigenvalue weighted by Crippen LogP contribution is -2.31. The van der Waals surface area contributed by atoms with Crippen molar-refractivity contribution in [2.75, 3.05) is 27.8 Å². The van der Waals surface area contributed by atoms with E-state index in [-0.39, 0.29) is 17.9 Å². The third-order valence-corrected chi connectivity index (χ3v) is 4.58. The zero-order valence-electron chi connectivity index (χ0n) is 16.9. The Morgan fingerprint density at radius 1 is 1.04 bits per heavy atom. The highest BCUT2D eigenvalue weighted by Crippen LogP contribution is 2.30. The molecule has 0 saturated carbocycles. The third-order valence-electron chi connectivity index (χ3n) is 4.58. The quantitative estimate of drug-likeness (QED) is 0.839. The summed E-state index contributed by atoms with van der Waals surface area (Å²) in [5, 5.41) is 10.5. The van der Waals surface area contributed by atoms with E-state index in [4.69, 9.17) is 9.47 Å². The smallest absolute Gasteiger partial charge is 0.253 e. The lowest BCUT2D eigenvalue weighted by molar-refractivity contribution is 0.0680. The van der Waals surface area contributed by atoms with Gasteiger partial charge in [-0.3, -0.25) is 4.79 Å². The molecule has 0 fully saturated rings. The van der Waals surface area contributed by atoms with E-state index in [9.17, 15) is 9.90 Å². The highest BCUT2D eigenvalue weighted by molar-refractivity contribution is 5.94. The van der Waals surface area contributed by atoms with Crippen molar-refractivity contribution in [3.8, 4) is 11.5 Å². The van der Waals surface area contributed by atoms with Gasteiger partial charge in [0.25, 0.3) is 5.91 Å². The van der Waals surface area contributed by atoms with Gasteiger partial charge in [-0.25, -0.2) is 0 Å². The fourth-order valence-corrected chi connectivity index (χ4v) is 2.84. The summed E-state index contributed by atoms with van der Waals surface area (Å²) in [6.45, 7) is 6.58. The second kappa shape index (κ2) is 8.44. The van der Waals surface area contributed by atoms with Crippen molar-refractivity contribution in [3.63, 3.8) is 0 Å². The molecule has 1 atom stereocenters. The molecule has 1 N–H and O–H groups in total. The number of aliphatic hydroxyl groups is 1. The minimum atomic E-state index is -0.826. The van der Waals surface area contributed by atoms with Crippen molar-refractivity contribution in [1.82, 2.24) is 4.90 Å². The standard InChI is InChI=1S/C22H29NO4/c1-22(2,3)17-10-7-15(8-11-17)21(25)23(4)14-18(24)16-9-12-19(26-5)20(13-16)27-6/h7-13,18,24H,14H2,1-6H3. The summed E-state index contributed by atoms with van der Waals surface area (Å²) in [5.41, 5.74) is 2.48. The van der Waals surface area contributed by atoms with Crippen LogP contribution in [-0.2, 0) is 5.41 Å². The van der Waals surface area contributed by atoms with Gasteiger partial charge >= 0.3 is 0 Å². The minimum Gasteiger partial charge on any atom is -0.493 e. The second-order valence-electron chi connectivity index (χ2n) is 7.64. The van der Waals surface area contributed by atoms with Crippen LogP contribution in [0.4, 0.5) is 0 Å². The Balaban J connectivity index is 2.09. The van der Waals surface area contributed by atoms with Gasteiger partial charge in [0, 0.05) is 12.6 Å². The van der Waals surface area contributed by atoms with Crippen LogP contribution in [0.3, 0.4) is 0 Å². The Bertz CT molecular complexity index is 778. The molecule has 0 heterocycles. The number of carbonyl (C=O) groups is 1. The van der Waals surface area contributed by atoms with E-state index >= 15 is 0 Å². The molecule has 2 aromatic rings. The Morgan fingerprint density at radius 3 is 2.15 bits per heavy atom. The lowest BCUT2D eigenvalue weighted by atomic mass is 9.86. The van der Waals surface area contributed by atoms with Crippen LogP contribution in [0, 0.1) is 0 Å². The molecular weight excluding hydrogens is 342 g/mol. The van der Waals surface area contributed by atoms with Gasteiger partial charge in [0.2, 0.25) is 0 Å². The maximum absolute atomic E-state index is 12.7. The van der Waals surface area contributed by atoms with Crippen LogP contribution in [0.25, 0.3) is 0 Å². The first-order valence-corrected chi connectivity index (χ1v) is 8.93. The van der Waals surface area contributed by atoms with E-state index in [2.05, 4.69) is 20.8 Å². The monoisotopic (exact) mass is 371 g/mol. The van der Waals surface area contributed by atoms with E-state index < -0.39 is 6.10 Å². The predicted octanol–water partition coefficient (Wildman–Crippen LogP) is 3.81. The summed E-state index contributed by atoms with van der Waals surface area (Å²) in [7, 11) is 4.79. The van der Waals surface area contributed by atoms with Gasteiger partial charge in [0.1, 0.15) is 0 Å². The maximum Gasteiger partial charge on any atom is 0.253 e. The topological polar surface area (TPSA) is 59.0 Å². The summed E-state index contributed by atoms with van der Waals surface area (Å²) < 4.78 is 10.5. The van der Waals surface area contributed by atoms with E-state index in [0.29, 0.717) is 22.6 Å². The number of hydrogen-bond acceptors (Lipinski definition) is 4. The Labute approximate surface area is 161 Å². The van der Waals surface area contributed by atoms with Crippen molar-refractivity contribution < 1.29 is 19.4 Å². The average Bonchev–Trinajstić information content (AvgIpc) is 2.66. The third kappa shape index (κ3) is 5.01. The molecule has 0 saturated heterocycles. The van der Waals surface area contributed by atoms with Gasteiger partial charge in [-0.1, -0.05) is 39.0 Å². The number of likely N-dealkylation sites (N-methyl/N-ethyl adjacent to an activating group) is 1. The molecule has 2 aromatic carbocycles. The maximum atomic E-state index is 12.7. The largest absolute Gasteiger partial charge is 0.493 e. The summed E-state index contributed by atoms with van der Waals surface area (Å²) >= 11 is 0. The Morgan fingerprint density at radius 2 is 1.63 bits per heavy atom. The molecule has 2 rings (SSSR count). The lowest BCUT2D eigenvalue weighted by Gasteiger charge is -2.23. The van der Waals surface area contributed by atoms with E-state index in [1.165, 1.54) is 10.5 Å². The van der Waals surface area contributed by atoms with Crippen molar-refractivity contribution in [2.45, 2.75) is 32.3 Å². The summed E-state index contributed by atoms with van der Waals surface area (Å²) in [6.07, 6.45) is -0.826. The van der Waals surface area contributed by atoms with Gasteiger partial charge in [0.05, 0.1) is 26.9 Å². The van der Waals surface area contributed by atoms with Crippen molar-refractivity contribution in [2.24, 2.45) is 0 Å². The molecule has 0 radical (unpaired) electrons. The number of aliphatic hydroxyl groups excluding tert-OH is 1. The molecule has 27 heavy (non-hydrogen) atoms. The highest BCUT2D eigenvalue weighted by Gasteiger charge is 2.19. The molecule has 5 nitrogen and oxygen atoms in total. The predicted molar refractivity (Wildman–Crippen MR) is 107 cm³/mol. The van der Waals surface area contributed by atoms with E-state index in [1.54, 1.807) is 39.5 Å². The number of carbonyl (C=O) groups excluding carboxylic acids is 1. The van der Waals surface area contributed by atoms with Gasteiger partial charge in [0.15, 0.2) is 11.5 Å². The fraction of sp³-hybridized carbons (Fsp3) is 0.409. The normalized spacial score (nSPS) is 12.4. The minimum absolute atomic E-state index is 0.0388. The van der Waals surface area contributed by atoms with Gasteiger partial charge in [-0.15, -0.1) is 0 Å². The molecule has 0 aliphatic carbocycles. The number of benzene rings is 2. The molecule has 0 bridgehead atoms. The number of methoxy groups -OCH3 is 2. The van der Waals surface area contributed by atoms with Gasteiger partial charge in [-0.05, 0) is 40.8 Å². The van der Waals surface area contributed by atoms with Crippen LogP contribution >= 0.6 is 0 Å². The number of hydrogen-bond donors (Lipinski definition) is 1. The molecule has 0 aliphatic rings. The molecule has 0 aromatic heterocycles. The van der Waals surface area contributed by atoms with Crippen LogP contribution in [-0.4, -0.2) is 43.7 Å². The molecule has 1 amide bonds. The van der Waals surface area contributed by atoms with Crippen molar-refractivity contribution >= 4 is 5.91 Å². The molecule has 5 heteroatoms. The fourth-order valence-electron chi connectivity index (χ4n) is 2.84. The molecule has 0 aliphatic heterocycles. The number of ether oxygens (including phenoxy) is 2. The molecule has 0 spiro atoms. The SMILES string of the molecule is COc1ccc(C(O)CN(C)C(=O)c2ccc(C(C)(C)C)cc2)cc1OC. The number of rotatable bonds is 6. The van der Waals surface area contributed by atoms with E-state index in [0.717, 1.165) is 0 Å². The van der Waals surface area contributed by atoms with Crippen LogP contribution < -0.4 is 9.47 Å².